The van der Waals surface area contributed by atoms with Gasteiger partial charge in [0.2, 0.25) is 0 Å². The number of halogens is 2. The summed E-state index contributed by atoms with van der Waals surface area (Å²) in [5, 5.41) is 11.2. The van der Waals surface area contributed by atoms with Crippen LogP contribution in [0.2, 0.25) is 10.0 Å². The number of ether oxygens (including phenoxy) is 2. The molecule has 1 N–H and O–H groups in total. The molecule has 0 bridgehead atoms. The van der Waals surface area contributed by atoms with Crippen LogP contribution >= 0.6 is 23.2 Å². The van der Waals surface area contributed by atoms with E-state index in [-0.39, 0.29) is 18.5 Å². The highest BCUT2D eigenvalue weighted by Crippen LogP contribution is 2.26. The number of hydrogen-bond acceptors (Lipinski definition) is 3. The van der Waals surface area contributed by atoms with Gasteiger partial charge in [-0.2, -0.15) is 0 Å². The van der Waals surface area contributed by atoms with Crippen LogP contribution in [0, 0.1) is 0 Å². The first-order valence-corrected chi connectivity index (χ1v) is 7.73. The average Bonchev–Trinajstić information content (AvgIpc) is 2.37. The largest absolute Gasteiger partial charge is 0.393 e. The normalized spacial score (nSPS) is 26.7. The first-order chi connectivity index (χ1) is 9.58. The van der Waals surface area contributed by atoms with Gasteiger partial charge in [0.25, 0.3) is 0 Å². The van der Waals surface area contributed by atoms with Gasteiger partial charge in [0.05, 0.1) is 12.2 Å². The number of benzene rings is 1. The van der Waals surface area contributed by atoms with Gasteiger partial charge >= 0.3 is 0 Å². The molecule has 3 atom stereocenters. The van der Waals surface area contributed by atoms with Crippen molar-refractivity contribution < 1.29 is 14.6 Å². The van der Waals surface area contributed by atoms with Crippen molar-refractivity contribution in [2.45, 2.75) is 51.1 Å². The Morgan fingerprint density at radius 3 is 2.85 bits per heavy atom. The lowest BCUT2D eigenvalue weighted by atomic mass is 9.99. The zero-order valence-electron chi connectivity index (χ0n) is 11.5. The van der Waals surface area contributed by atoms with E-state index in [0.717, 1.165) is 18.4 Å². The predicted octanol–water partition coefficient (Wildman–Crippen LogP) is 3.83. The minimum absolute atomic E-state index is 0.00189. The smallest absolute Gasteiger partial charge is 0.160 e. The van der Waals surface area contributed by atoms with Crippen LogP contribution in [0.25, 0.3) is 0 Å². The minimum Gasteiger partial charge on any atom is -0.393 e. The molecule has 20 heavy (non-hydrogen) atoms. The van der Waals surface area contributed by atoms with Crippen LogP contribution in [0.4, 0.5) is 0 Å². The van der Waals surface area contributed by atoms with Gasteiger partial charge in [-0.25, -0.2) is 0 Å². The third kappa shape index (κ3) is 4.61. The number of aliphatic hydroxyl groups is 1. The van der Waals surface area contributed by atoms with Crippen LogP contribution in [0.1, 0.15) is 31.7 Å². The fourth-order valence-electron chi connectivity index (χ4n) is 2.47. The number of hydrogen-bond donors (Lipinski definition) is 1. The second kappa shape index (κ2) is 7.62. The molecule has 3 nitrogen and oxygen atoms in total. The summed E-state index contributed by atoms with van der Waals surface area (Å²) < 4.78 is 11.3. The minimum atomic E-state index is -0.356. The van der Waals surface area contributed by atoms with Crippen molar-refractivity contribution in [3.05, 3.63) is 33.8 Å². The van der Waals surface area contributed by atoms with Gasteiger partial charge < -0.3 is 14.6 Å². The molecule has 0 radical (unpaired) electrons. The summed E-state index contributed by atoms with van der Waals surface area (Å²) in [6.07, 6.45) is 2.15. The average molecular weight is 319 g/mol. The quantitative estimate of drug-likeness (QED) is 0.896. The third-order valence-corrected chi connectivity index (χ3v) is 4.03. The van der Waals surface area contributed by atoms with E-state index in [1.54, 1.807) is 6.07 Å². The maximum Gasteiger partial charge on any atom is 0.160 e. The summed E-state index contributed by atoms with van der Waals surface area (Å²) >= 11 is 12.0. The van der Waals surface area contributed by atoms with Crippen LogP contribution in [0.3, 0.4) is 0 Å². The van der Waals surface area contributed by atoms with Crippen LogP contribution < -0.4 is 0 Å². The molecule has 1 aromatic rings. The molecule has 0 aliphatic carbocycles. The fraction of sp³-hybridized carbons (Fsp3) is 0.600. The molecule has 1 heterocycles. The Bertz CT molecular complexity index is 439. The Morgan fingerprint density at radius 1 is 1.35 bits per heavy atom. The predicted molar refractivity (Wildman–Crippen MR) is 80.3 cm³/mol. The van der Waals surface area contributed by atoms with Gasteiger partial charge in [-0.3, -0.25) is 0 Å². The summed E-state index contributed by atoms with van der Waals surface area (Å²) in [6, 6.07) is 5.52. The molecule has 1 aromatic carbocycles. The Labute approximate surface area is 129 Å². The molecular formula is C15H20Cl2O3. The van der Waals surface area contributed by atoms with E-state index < -0.39 is 0 Å². The Kier molecular flexibility index (Phi) is 6.12. The van der Waals surface area contributed by atoms with Crippen molar-refractivity contribution in [2.24, 2.45) is 0 Å². The maximum absolute atomic E-state index is 9.86. The topological polar surface area (TPSA) is 38.7 Å². The summed E-state index contributed by atoms with van der Waals surface area (Å²) in [5.74, 6) is 0. The Morgan fingerprint density at radius 2 is 2.15 bits per heavy atom. The van der Waals surface area contributed by atoms with Gasteiger partial charge in [0.1, 0.15) is 0 Å². The lowest BCUT2D eigenvalue weighted by molar-refractivity contribution is -0.214. The maximum atomic E-state index is 9.86. The molecule has 0 saturated carbocycles. The van der Waals surface area contributed by atoms with Crippen molar-refractivity contribution in [1.29, 1.82) is 0 Å². The number of aryl methyl sites for hydroxylation is 1. The summed E-state index contributed by atoms with van der Waals surface area (Å²) in [6.45, 7) is 2.51. The second-order valence-corrected chi connectivity index (χ2v) is 5.89. The Balaban J connectivity index is 1.89. The van der Waals surface area contributed by atoms with Crippen LogP contribution in [0.5, 0.6) is 0 Å². The van der Waals surface area contributed by atoms with Crippen molar-refractivity contribution in [3.63, 3.8) is 0 Å². The molecule has 1 fully saturated rings. The highest BCUT2D eigenvalue weighted by molar-refractivity contribution is 6.35. The van der Waals surface area contributed by atoms with Crippen LogP contribution in [-0.2, 0) is 15.9 Å². The monoisotopic (exact) mass is 318 g/mol. The fourth-order valence-corrected chi connectivity index (χ4v) is 2.97. The summed E-state index contributed by atoms with van der Waals surface area (Å²) in [4.78, 5) is 0. The molecule has 1 aliphatic heterocycles. The van der Waals surface area contributed by atoms with E-state index in [2.05, 4.69) is 0 Å². The first-order valence-electron chi connectivity index (χ1n) is 6.97. The lowest BCUT2D eigenvalue weighted by Crippen LogP contribution is -2.37. The van der Waals surface area contributed by atoms with Gasteiger partial charge in [0, 0.05) is 23.1 Å². The van der Waals surface area contributed by atoms with E-state index in [1.807, 2.05) is 19.1 Å². The molecule has 112 valence electrons. The van der Waals surface area contributed by atoms with E-state index in [1.165, 1.54) is 0 Å². The van der Waals surface area contributed by atoms with Gasteiger partial charge in [-0.1, -0.05) is 29.3 Å². The molecule has 0 spiro atoms. The molecule has 0 amide bonds. The van der Waals surface area contributed by atoms with E-state index in [0.29, 0.717) is 29.5 Å². The highest BCUT2D eigenvalue weighted by Gasteiger charge is 2.28. The number of rotatable bonds is 5. The third-order valence-electron chi connectivity index (χ3n) is 3.45. The highest BCUT2D eigenvalue weighted by atomic mass is 35.5. The molecule has 2 rings (SSSR count). The first kappa shape index (κ1) is 16.1. The lowest BCUT2D eigenvalue weighted by Gasteiger charge is -2.32. The zero-order valence-corrected chi connectivity index (χ0v) is 13.0. The molecule has 0 aromatic heterocycles. The summed E-state index contributed by atoms with van der Waals surface area (Å²) in [7, 11) is 0. The molecule has 5 heteroatoms. The molecule has 1 aliphatic rings. The van der Waals surface area contributed by atoms with Crippen LogP contribution in [-0.4, -0.2) is 30.2 Å². The van der Waals surface area contributed by atoms with Gasteiger partial charge in [0.15, 0.2) is 6.29 Å². The standard InChI is InChI=1S/C15H20Cl2O3/c1-2-19-15-9-12(18)8-13(20-15)6-4-10-3-5-11(16)7-14(10)17/h3,5,7,12-13,15,18H,2,4,6,8-9H2,1H3/t12-,13+,15?/m1/s1. The SMILES string of the molecule is CCOC1C[C@H](O)C[C@H](CCc2ccc(Cl)cc2Cl)O1. The van der Waals surface area contributed by atoms with Crippen molar-refractivity contribution >= 4 is 23.2 Å². The number of aliphatic hydroxyl groups excluding tert-OH is 1. The molecular weight excluding hydrogens is 299 g/mol. The molecule has 1 unspecified atom stereocenters. The molecule has 1 saturated heterocycles. The van der Waals surface area contributed by atoms with Crippen LogP contribution in [0.15, 0.2) is 18.2 Å². The second-order valence-electron chi connectivity index (χ2n) is 5.04. The van der Waals surface area contributed by atoms with E-state index >= 15 is 0 Å². The zero-order chi connectivity index (χ0) is 14.5. The van der Waals surface area contributed by atoms with Crippen molar-refractivity contribution in [3.8, 4) is 0 Å². The van der Waals surface area contributed by atoms with E-state index in [4.69, 9.17) is 32.7 Å². The van der Waals surface area contributed by atoms with Crippen molar-refractivity contribution in [2.75, 3.05) is 6.61 Å². The summed E-state index contributed by atoms with van der Waals surface area (Å²) in [5.41, 5.74) is 1.05. The Hall–Kier alpha value is -0.320. The van der Waals surface area contributed by atoms with Crippen molar-refractivity contribution in [1.82, 2.24) is 0 Å². The van der Waals surface area contributed by atoms with Gasteiger partial charge in [-0.05, 0) is 43.9 Å². The van der Waals surface area contributed by atoms with E-state index in [9.17, 15) is 5.11 Å². The van der Waals surface area contributed by atoms with Gasteiger partial charge in [-0.15, -0.1) is 0 Å².